The van der Waals surface area contributed by atoms with E-state index in [9.17, 15) is 4.79 Å². The van der Waals surface area contributed by atoms with E-state index in [-0.39, 0.29) is 11.2 Å². The number of unbranched alkanes of at least 4 members (excludes halogenated alkanes) is 3. The van der Waals surface area contributed by atoms with Gasteiger partial charge in [-0.2, -0.15) is 5.10 Å². The van der Waals surface area contributed by atoms with Crippen molar-refractivity contribution in [3.63, 3.8) is 0 Å². The molecule has 1 N–H and O–H groups in total. The Morgan fingerprint density at radius 2 is 1.91 bits per heavy atom. The van der Waals surface area contributed by atoms with Gasteiger partial charge in [0.1, 0.15) is 0 Å². The lowest BCUT2D eigenvalue weighted by molar-refractivity contribution is -0.118. The number of hydrogen-bond acceptors (Lipinski definition) is 6. The van der Waals surface area contributed by atoms with E-state index in [4.69, 9.17) is 32.7 Å². The Balaban J connectivity index is 1.58. The van der Waals surface area contributed by atoms with Gasteiger partial charge >= 0.3 is 0 Å². The van der Waals surface area contributed by atoms with Crippen LogP contribution in [0.25, 0.3) is 0 Å². The molecule has 0 bridgehead atoms. The first-order valence-corrected chi connectivity index (χ1v) is 12.5. The van der Waals surface area contributed by atoms with Crippen molar-refractivity contribution in [2.45, 2.75) is 44.3 Å². The standard InChI is InChI=1S/C24H27Cl2N3O3S/c1-3-4-5-6-12-32-20-11-10-16(13-21(20)31-2)15-27-29-24-28-23(30)22(33-24)14-17-18(25)8-7-9-19(17)26/h7-11,13,15,22H,3-6,12,14H2,1-2H3,(H,28,29,30)/b27-15+. The normalized spacial score (nSPS) is 17.0. The summed E-state index contributed by atoms with van der Waals surface area (Å²) in [5, 5.41) is 12.2. The zero-order valence-electron chi connectivity index (χ0n) is 18.6. The van der Waals surface area contributed by atoms with E-state index in [0.29, 0.717) is 39.7 Å². The summed E-state index contributed by atoms with van der Waals surface area (Å²) < 4.78 is 11.3. The quantitative estimate of drug-likeness (QED) is 0.225. The first-order valence-electron chi connectivity index (χ1n) is 10.8. The fraction of sp³-hybridized carbons (Fsp3) is 0.375. The number of hydrogen-bond donors (Lipinski definition) is 1. The molecular weight excluding hydrogens is 481 g/mol. The molecule has 1 atom stereocenters. The maximum absolute atomic E-state index is 12.3. The number of benzene rings is 2. The molecule has 1 amide bonds. The summed E-state index contributed by atoms with van der Waals surface area (Å²) in [6.07, 6.45) is 6.60. The van der Waals surface area contributed by atoms with Crippen LogP contribution in [0.1, 0.15) is 43.7 Å². The van der Waals surface area contributed by atoms with Gasteiger partial charge in [-0.05, 0) is 54.3 Å². The molecule has 1 unspecified atom stereocenters. The number of amides is 1. The third-order valence-electron chi connectivity index (χ3n) is 5.03. The highest BCUT2D eigenvalue weighted by Crippen LogP contribution is 2.31. The van der Waals surface area contributed by atoms with Crippen LogP contribution in [0.2, 0.25) is 10.0 Å². The van der Waals surface area contributed by atoms with Crippen LogP contribution in [0, 0.1) is 0 Å². The predicted molar refractivity (Wildman–Crippen MR) is 137 cm³/mol. The van der Waals surface area contributed by atoms with Gasteiger partial charge in [0.2, 0.25) is 5.91 Å². The Morgan fingerprint density at radius 1 is 1.12 bits per heavy atom. The van der Waals surface area contributed by atoms with E-state index in [1.807, 2.05) is 18.2 Å². The second-order valence-electron chi connectivity index (χ2n) is 7.47. The first-order chi connectivity index (χ1) is 16.0. The molecule has 1 aliphatic heterocycles. The van der Waals surface area contributed by atoms with E-state index in [2.05, 4.69) is 22.4 Å². The zero-order chi connectivity index (χ0) is 23.6. The van der Waals surface area contributed by atoms with Gasteiger partial charge in [0.25, 0.3) is 0 Å². The lowest BCUT2D eigenvalue weighted by Gasteiger charge is -2.11. The van der Waals surface area contributed by atoms with Gasteiger partial charge in [-0.3, -0.25) is 4.79 Å². The Labute approximate surface area is 208 Å². The van der Waals surface area contributed by atoms with Crippen LogP contribution >= 0.6 is 35.0 Å². The number of rotatable bonds is 11. The Kier molecular flexibility index (Phi) is 9.91. The molecule has 0 aliphatic carbocycles. The van der Waals surface area contributed by atoms with Crippen molar-refractivity contribution in [3.8, 4) is 11.5 Å². The first kappa shape index (κ1) is 25.4. The third-order valence-corrected chi connectivity index (χ3v) is 6.81. The van der Waals surface area contributed by atoms with Crippen molar-refractivity contribution in [1.82, 2.24) is 5.32 Å². The van der Waals surface area contributed by atoms with Gasteiger partial charge in [0, 0.05) is 10.0 Å². The molecule has 1 heterocycles. The molecule has 1 saturated heterocycles. The molecule has 33 heavy (non-hydrogen) atoms. The Bertz CT molecular complexity index is 1010. The topological polar surface area (TPSA) is 72.3 Å². The minimum absolute atomic E-state index is 0.146. The second-order valence-corrected chi connectivity index (χ2v) is 9.48. The number of carbonyl (C=O) groups excluding carboxylic acids is 1. The van der Waals surface area contributed by atoms with Crippen molar-refractivity contribution in [2.75, 3.05) is 13.7 Å². The molecule has 0 aromatic heterocycles. The summed E-state index contributed by atoms with van der Waals surface area (Å²) in [5.74, 6) is 1.20. The highest BCUT2D eigenvalue weighted by Gasteiger charge is 2.31. The van der Waals surface area contributed by atoms with E-state index in [1.54, 1.807) is 31.5 Å². The minimum atomic E-state index is -0.370. The van der Waals surface area contributed by atoms with Crippen molar-refractivity contribution < 1.29 is 14.3 Å². The summed E-state index contributed by atoms with van der Waals surface area (Å²) in [5.41, 5.74) is 1.56. The number of nitrogens with zero attached hydrogens (tertiary/aromatic N) is 2. The molecule has 9 heteroatoms. The fourth-order valence-corrected chi connectivity index (χ4v) is 4.73. The van der Waals surface area contributed by atoms with E-state index >= 15 is 0 Å². The number of ether oxygens (including phenoxy) is 2. The fourth-order valence-electron chi connectivity index (χ4n) is 3.24. The average Bonchev–Trinajstić information content (AvgIpc) is 3.15. The lowest BCUT2D eigenvalue weighted by Crippen LogP contribution is -2.26. The van der Waals surface area contributed by atoms with Crippen molar-refractivity contribution >= 4 is 52.3 Å². The van der Waals surface area contributed by atoms with Gasteiger partial charge in [-0.15, -0.1) is 5.10 Å². The van der Waals surface area contributed by atoms with Crippen LogP contribution in [0.3, 0.4) is 0 Å². The van der Waals surface area contributed by atoms with Crippen molar-refractivity contribution in [2.24, 2.45) is 10.2 Å². The molecule has 0 saturated carbocycles. The van der Waals surface area contributed by atoms with Crippen LogP contribution in [-0.2, 0) is 11.2 Å². The number of carbonyl (C=O) groups is 1. The Morgan fingerprint density at radius 3 is 2.64 bits per heavy atom. The molecule has 3 rings (SSSR count). The van der Waals surface area contributed by atoms with Crippen LogP contribution < -0.4 is 14.8 Å². The maximum atomic E-state index is 12.3. The highest BCUT2D eigenvalue weighted by molar-refractivity contribution is 8.15. The number of thioether (sulfide) groups is 1. The molecule has 0 radical (unpaired) electrons. The van der Waals surface area contributed by atoms with E-state index < -0.39 is 0 Å². The van der Waals surface area contributed by atoms with Gasteiger partial charge < -0.3 is 14.8 Å². The monoisotopic (exact) mass is 507 g/mol. The van der Waals surface area contributed by atoms with E-state index in [1.165, 1.54) is 24.6 Å². The maximum Gasteiger partial charge on any atom is 0.239 e. The van der Waals surface area contributed by atoms with Crippen LogP contribution in [-0.4, -0.2) is 36.3 Å². The SMILES string of the molecule is CCCCCCOc1ccc(/C=N/N=C2/NC(=O)C(Cc3c(Cl)cccc3Cl)S2)cc1OC. The summed E-state index contributed by atoms with van der Waals surface area (Å²) in [7, 11) is 1.61. The number of halogens is 2. The molecule has 2 aromatic rings. The number of amidine groups is 1. The van der Waals surface area contributed by atoms with Crippen molar-refractivity contribution in [3.05, 3.63) is 57.6 Å². The largest absolute Gasteiger partial charge is 0.493 e. The number of nitrogens with one attached hydrogen (secondary N) is 1. The molecule has 1 aliphatic rings. The number of methoxy groups -OCH3 is 1. The lowest BCUT2D eigenvalue weighted by atomic mass is 10.1. The zero-order valence-corrected chi connectivity index (χ0v) is 21.0. The molecular formula is C24H27Cl2N3O3S. The third kappa shape index (κ3) is 7.39. The van der Waals surface area contributed by atoms with E-state index in [0.717, 1.165) is 24.0 Å². The molecule has 6 nitrogen and oxygen atoms in total. The van der Waals surface area contributed by atoms with Crippen LogP contribution in [0.15, 0.2) is 46.6 Å². The van der Waals surface area contributed by atoms with Gasteiger partial charge in [0.15, 0.2) is 16.7 Å². The second kappa shape index (κ2) is 12.9. The summed E-state index contributed by atoms with van der Waals surface area (Å²) in [6.45, 7) is 2.85. The molecule has 0 spiro atoms. The Hall–Kier alpha value is -2.22. The summed E-state index contributed by atoms with van der Waals surface area (Å²) in [4.78, 5) is 12.3. The summed E-state index contributed by atoms with van der Waals surface area (Å²) in [6, 6.07) is 10.9. The predicted octanol–water partition coefficient (Wildman–Crippen LogP) is 6.13. The molecule has 2 aromatic carbocycles. The summed E-state index contributed by atoms with van der Waals surface area (Å²) >= 11 is 13.8. The average molecular weight is 508 g/mol. The van der Waals surface area contributed by atoms with Gasteiger partial charge in [-0.25, -0.2) is 0 Å². The molecule has 176 valence electrons. The minimum Gasteiger partial charge on any atom is -0.493 e. The van der Waals surface area contributed by atoms with Gasteiger partial charge in [0.05, 0.1) is 25.2 Å². The highest BCUT2D eigenvalue weighted by atomic mass is 35.5. The van der Waals surface area contributed by atoms with Crippen LogP contribution in [0.4, 0.5) is 0 Å². The van der Waals surface area contributed by atoms with Crippen molar-refractivity contribution in [1.29, 1.82) is 0 Å². The molecule has 1 fully saturated rings. The van der Waals surface area contributed by atoms with Gasteiger partial charge in [-0.1, -0.05) is 67.2 Å². The van der Waals surface area contributed by atoms with Crippen LogP contribution in [0.5, 0.6) is 11.5 Å². The smallest absolute Gasteiger partial charge is 0.239 e.